The molecule has 2 fully saturated rings. The molecule has 0 aliphatic heterocycles. The number of nitrogens with one attached hydrogen (secondary N) is 1. The van der Waals surface area contributed by atoms with E-state index in [9.17, 15) is 0 Å². The first-order valence-electron chi connectivity index (χ1n) is 6.45. The first kappa shape index (κ1) is 10.7. The van der Waals surface area contributed by atoms with Crippen molar-refractivity contribution >= 4 is 11.3 Å². The highest BCUT2D eigenvalue weighted by Crippen LogP contribution is 2.44. The topological polar surface area (TPSA) is 24.9 Å². The molecule has 1 aromatic heterocycles. The number of nitrogens with zero attached hydrogens (tertiary/aromatic N) is 1. The van der Waals surface area contributed by atoms with Crippen LogP contribution >= 0.6 is 11.3 Å². The Balaban J connectivity index is 1.46. The summed E-state index contributed by atoms with van der Waals surface area (Å²) in [5.41, 5.74) is 3.18. The minimum atomic E-state index is 0.826. The monoisotopic (exact) mass is 236 g/mol. The van der Waals surface area contributed by atoms with Crippen LogP contribution in [0.4, 0.5) is 0 Å². The summed E-state index contributed by atoms with van der Waals surface area (Å²) in [5.74, 6) is 2.04. The lowest BCUT2D eigenvalue weighted by molar-refractivity contribution is 0.354. The van der Waals surface area contributed by atoms with Crippen LogP contribution in [-0.2, 0) is 6.42 Å². The van der Waals surface area contributed by atoms with E-state index in [-0.39, 0.29) is 0 Å². The van der Waals surface area contributed by atoms with Crippen molar-refractivity contribution in [2.45, 2.75) is 45.1 Å². The highest BCUT2D eigenvalue weighted by Gasteiger charge is 2.38. The van der Waals surface area contributed by atoms with E-state index in [1.165, 1.54) is 36.3 Å². The molecule has 2 saturated carbocycles. The fourth-order valence-electron chi connectivity index (χ4n) is 3.43. The number of fused-ring (bicyclic) bond motifs is 2. The highest BCUT2D eigenvalue weighted by atomic mass is 32.1. The average molecular weight is 236 g/mol. The van der Waals surface area contributed by atoms with Gasteiger partial charge in [-0.3, -0.25) is 0 Å². The van der Waals surface area contributed by atoms with Crippen molar-refractivity contribution in [1.29, 1.82) is 0 Å². The lowest BCUT2D eigenvalue weighted by Gasteiger charge is -2.22. The zero-order valence-electron chi connectivity index (χ0n) is 9.91. The van der Waals surface area contributed by atoms with Gasteiger partial charge in [0.2, 0.25) is 0 Å². The van der Waals surface area contributed by atoms with Crippen molar-refractivity contribution in [2.75, 3.05) is 6.54 Å². The molecular weight excluding hydrogens is 216 g/mol. The maximum Gasteiger partial charge on any atom is 0.0797 e. The van der Waals surface area contributed by atoms with Crippen LogP contribution < -0.4 is 5.32 Å². The third-order valence-corrected chi connectivity index (χ3v) is 5.34. The molecule has 88 valence electrons. The van der Waals surface area contributed by atoms with Crippen LogP contribution in [0, 0.1) is 18.8 Å². The van der Waals surface area contributed by atoms with Gasteiger partial charge in [0.1, 0.15) is 0 Å². The molecule has 2 aliphatic rings. The predicted molar refractivity (Wildman–Crippen MR) is 67.8 cm³/mol. The zero-order chi connectivity index (χ0) is 11.0. The normalized spacial score (nSPS) is 32.4. The van der Waals surface area contributed by atoms with Gasteiger partial charge in [0.25, 0.3) is 0 Å². The van der Waals surface area contributed by atoms with E-state index in [1.807, 2.05) is 5.51 Å². The van der Waals surface area contributed by atoms with E-state index in [1.54, 1.807) is 11.3 Å². The molecule has 2 bridgehead atoms. The predicted octanol–water partition coefficient (Wildman–Crippen LogP) is 2.77. The molecule has 0 amide bonds. The third kappa shape index (κ3) is 2.03. The average Bonchev–Trinajstić information content (AvgIpc) is 2.96. The SMILES string of the molecule is Cc1ncsc1CCNC1CC2CCC1C2. The zero-order valence-corrected chi connectivity index (χ0v) is 10.7. The molecule has 0 aromatic carbocycles. The minimum Gasteiger partial charge on any atom is -0.313 e. The lowest BCUT2D eigenvalue weighted by Crippen LogP contribution is -2.35. The molecule has 0 saturated heterocycles. The first-order chi connectivity index (χ1) is 7.83. The molecule has 3 rings (SSSR count). The molecule has 3 atom stereocenters. The summed E-state index contributed by atoms with van der Waals surface area (Å²) in [6.45, 7) is 3.25. The van der Waals surface area contributed by atoms with Crippen molar-refractivity contribution in [1.82, 2.24) is 10.3 Å². The minimum absolute atomic E-state index is 0.826. The Morgan fingerprint density at radius 3 is 3.00 bits per heavy atom. The highest BCUT2D eigenvalue weighted by molar-refractivity contribution is 7.09. The standard InChI is InChI=1S/C13H20N2S/c1-9-13(16-8-15-9)4-5-14-12-7-10-2-3-11(12)6-10/h8,10-12,14H,2-7H2,1H3. The second kappa shape index (κ2) is 4.46. The Morgan fingerprint density at radius 1 is 1.44 bits per heavy atom. The molecule has 0 spiro atoms. The first-order valence-corrected chi connectivity index (χ1v) is 7.33. The van der Waals surface area contributed by atoms with Crippen LogP contribution in [0.25, 0.3) is 0 Å². The van der Waals surface area contributed by atoms with Crippen molar-refractivity contribution in [3.05, 3.63) is 16.1 Å². The molecular formula is C13H20N2S. The summed E-state index contributed by atoms with van der Waals surface area (Å²) in [7, 11) is 0. The summed E-state index contributed by atoms with van der Waals surface area (Å²) < 4.78 is 0. The molecule has 3 heteroatoms. The van der Waals surface area contributed by atoms with Gasteiger partial charge in [0.15, 0.2) is 0 Å². The van der Waals surface area contributed by atoms with Crippen molar-refractivity contribution < 1.29 is 0 Å². The van der Waals surface area contributed by atoms with Gasteiger partial charge in [-0.2, -0.15) is 0 Å². The number of hydrogen-bond donors (Lipinski definition) is 1. The summed E-state index contributed by atoms with van der Waals surface area (Å²) >= 11 is 1.80. The Labute approximate surface area is 101 Å². The van der Waals surface area contributed by atoms with Crippen LogP contribution in [0.5, 0.6) is 0 Å². The molecule has 2 aliphatic carbocycles. The Bertz CT molecular complexity index is 361. The number of rotatable bonds is 4. The van der Waals surface area contributed by atoms with Gasteiger partial charge in [-0.1, -0.05) is 6.42 Å². The molecule has 1 aromatic rings. The smallest absolute Gasteiger partial charge is 0.0797 e. The lowest BCUT2D eigenvalue weighted by atomic mass is 9.95. The summed E-state index contributed by atoms with van der Waals surface area (Å²) in [6.07, 6.45) is 7.06. The van der Waals surface area contributed by atoms with Crippen LogP contribution in [0.1, 0.15) is 36.3 Å². The van der Waals surface area contributed by atoms with Crippen LogP contribution in [0.2, 0.25) is 0 Å². The van der Waals surface area contributed by atoms with Crippen LogP contribution in [0.15, 0.2) is 5.51 Å². The Hall–Kier alpha value is -0.410. The summed E-state index contributed by atoms with van der Waals surface area (Å²) in [6, 6.07) is 0.826. The van der Waals surface area contributed by atoms with E-state index >= 15 is 0 Å². The third-order valence-electron chi connectivity index (χ3n) is 4.34. The van der Waals surface area contributed by atoms with Gasteiger partial charge in [-0.25, -0.2) is 4.98 Å². The van der Waals surface area contributed by atoms with E-state index in [4.69, 9.17) is 0 Å². The number of aryl methyl sites for hydroxylation is 1. The number of hydrogen-bond acceptors (Lipinski definition) is 3. The van der Waals surface area contributed by atoms with E-state index < -0.39 is 0 Å². The second-order valence-electron chi connectivity index (χ2n) is 5.35. The largest absolute Gasteiger partial charge is 0.313 e. The van der Waals surface area contributed by atoms with Gasteiger partial charge < -0.3 is 5.32 Å². The van der Waals surface area contributed by atoms with Gasteiger partial charge in [0.05, 0.1) is 11.2 Å². The van der Waals surface area contributed by atoms with Crippen molar-refractivity contribution in [2.24, 2.45) is 11.8 Å². The summed E-state index contributed by atoms with van der Waals surface area (Å²) in [4.78, 5) is 5.75. The van der Waals surface area contributed by atoms with Gasteiger partial charge >= 0.3 is 0 Å². The number of aromatic nitrogens is 1. The molecule has 16 heavy (non-hydrogen) atoms. The molecule has 1 heterocycles. The van der Waals surface area contributed by atoms with Crippen LogP contribution in [0.3, 0.4) is 0 Å². The fraction of sp³-hybridized carbons (Fsp3) is 0.769. The van der Waals surface area contributed by atoms with E-state index in [0.29, 0.717) is 0 Å². The van der Waals surface area contributed by atoms with Gasteiger partial charge in [0, 0.05) is 17.5 Å². The Morgan fingerprint density at radius 2 is 2.38 bits per heavy atom. The molecule has 3 unspecified atom stereocenters. The second-order valence-corrected chi connectivity index (χ2v) is 6.29. The fourth-order valence-corrected chi connectivity index (χ4v) is 4.21. The van der Waals surface area contributed by atoms with Crippen molar-refractivity contribution in [3.63, 3.8) is 0 Å². The molecule has 2 nitrogen and oxygen atoms in total. The molecule has 0 radical (unpaired) electrons. The van der Waals surface area contributed by atoms with Crippen LogP contribution in [-0.4, -0.2) is 17.6 Å². The van der Waals surface area contributed by atoms with Crippen molar-refractivity contribution in [3.8, 4) is 0 Å². The molecule has 1 N–H and O–H groups in total. The Kier molecular flexibility index (Phi) is 2.99. The van der Waals surface area contributed by atoms with E-state index in [0.717, 1.165) is 30.8 Å². The quantitative estimate of drug-likeness (QED) is 0.869. The summed E-state index contributed by atoms with van der Waals surface area (Å²) in [5, 5.41) is 3.76. The van der Waals surface area contributed by atoms with Gasteiger partial charge in [-0.15, -0.1) is 11.3 Å². The maximum absolute atomic E-state index is 4.30. The number of thiazole rings is 1. The van der Waals surface area contributed by atoms with E-state index in [2.05, 4.69) is 17.2 Å². The maximum atomic E-state index is 4.30. The van der Waals surface area contributed by atoms with Gasteiger partial charge in [-0.05, 0) is 44.4 Å².